The second-order valence-electron chi connectivity index (χ2n) is 3.72. The molecule has 0 fully saturated rings. The Labute approximate surface area is 106 Å². The lowest BCUT2D eigenvalue weighted by molar-refractivity contribution is -0.281. The van der Waals surface area contributed by atoms with Crippen molar-refractivity contribution in [1.82, 2.24) is 0 Å². The highest BCUT2D eigenvalue weighted by molar-refractivity contribution is 5.40. The third kappa shape index (κ3) is 4.14. The van der Waals surface area contributed by atoms with Crippen molar-refractivity contribution in [3.8, 4) is 11.5 Å². The van der Waals surface area contributed by atoms with Gasteiger partial charge in [0.15, 0.2) is 0 Å². The molecule has 0 saturated heterocycles. The van der Waals surface area contributed by atoms with Crippen LogP contribution in [0.1, 0.15) is 5.56 Å². The highest BCUT2D eigenvalue weighted by atomic mass is 19.4. The predicted octanol–water partition coefficient (Wildman–Crippen LogP) is 4.03. The van der Waals surface area contributed by atoms with Gasteiger partial charge in [0.25, 0.3) is 0 Å². The number of benzene rings is 1. The maximum absolute atomic E-state index is 12.8. The van der Waals surface area contributed by atoms with E-state index in [1.807, 2.05) is 0 Å². The summed E-state index contributed by atoms with van der Waals surface area (Å²) in [7, 11) is 0. The predicted molar refractivity (Wildman–Crippen MR) is 49.5 cm³/mol. The number of phenolic OH excluding ortho intramolecular Hbond substituents is 1. The van der Waals surface area contributed by atoms with Gasteiger partial charge in [0.05, 0.1) is 0 Å². The van der Waals surface area contributed by atoms with Crippen LogP contribution >= 0.6 is 0 Å². The summed E-state index contributed by atoms with van der Waals surface area (Å²) in [6.07, 6.45) is -13.0. The van der Waals surface area contributed by atoms with Gasteiger partial charge in [0.2, 0.25) is 0 Å². The van der Waals surface area contributed by atoms with Gasteiger partial charge < -0.3 is 9.84 Å². The highest BCUT2D eigenvalue weighted by Crippen LogP contribution is 2.40. The lowest BCUT2D eigenvalue weighted by Gasteiger charge is -2.20. The molecular weight excluding hydrogens is 304 g/mol. The van der Waals surface area contributed by atoms with Crippen LogP contribution in [0.5, 0.6) is 11.5 Å². The fourth-order valence-electron chi connectivity index (χ4n) is 1.24. The first-order valence-electron chi connectivity index (χ1n) is 4.84. The Bertz CT molecular complexity index is 477. The van der Waals surface area contributed by atoms with Gasteiger partial charge in [-0.25, -0.2) is 0 Å². The Morgan fingerprint density at radius 1 is 0.950 bits per heavy atom. The zero-order chi connectivity index (χ0) is 15.8. The van der Waals surface area contributed by atoms with E-state index in [1.165, 1.54) is 0 Å². The number of phenols is 1. The third-order valence-electron chi connectivity index (χ3n) is 2.11. The van der Waals surface area contributed by atoms with Crippen LogP contribution in [0.3, 0.4) is 0 Å². The molecular formula is C10H6F8O2. The molecule has 1 N–H and O–H groups in total. The number of aromatic hydroxyl groups is 1. The second-order valence-corrected chi connectivity index (χ2v) is 3.72. The molecule has 0 bridgehead atoms. The van der Waals surface area contributed by atoms with E-state index in [9.17, 15) is 35.1 Å². The summed E-state index contributed by atoms with van der Waals surface area (Å²) >= 11 is 0. The van der Waals surface area contributed by atoms with E-state index < -0.39 is 41.9 Å². The van der Waals surface area contributed by atoms with Crippen LogP contribution in [0.15, 0.2) is 18.2 Å². The molecule has 0 unspecified atom stereocenters. The molecule has 0 saturated carbocycles. The molecule has 0 aliphatic rings. The number of hydrogen-bond acceptors (Lipinski definition) is 2. The topological polar surface area (TPSA) is 29.5 Å². The van der Waals surface area contributed by atoms with E-state index in [-0.39, 0.29) is 6.07 Å². The Balaban J connectivity index is 3.04. The van der Waals surface area contributed by atoms with Crippen LogP contribution in [-0.2, 0) is 6.42 Å². The number of ether oxygens (including phenoxy) is 1. The van der Waals surface area contributed by atoms with E-state index in [0.717, 1.165) is 0 Å². The van der Waals surface area contributed by atoms with E-state index >= 15 is 0 Å². The minimum absolute atomic E-state index is 0.266. The van der Waals surface area contributed by atoms with Crippen molar-refractivity contribution in [3.05, 3.63) is 23.8 Å². The van der Waals surface area contributed by atoms with Crippen LogP contribution in [0, 0.1) is 0 Å². The highest BCUT2D eigenvalue weighted by Gasteiger charge is 2.57. The number of rotatable bonds is 3. The standard InChI is InChI=1S/C10H6F8O2/c11-8(12,9(13,14)15)4-5-3-6(1-2-7(5)19)20-10(16,17)18/h1-3,19H,4H2. The van der Waals surface area contributed by atoms with Crippen LogP contribution in [0.25, 0.3) is 0 Å². The Morgan fingerprint density at radius 2 is 1.50 bits per heavy atom. The summed E-state index contributed by atoms with van der Waals surface area (Å²) in [5, 5.41) is 9.12. The average molecular weight is 310 g/mol. The zero-order valence-electron chi connectivity index (χ0n) is 9.32. The molecule has 0 radical (unpaired) electrons. The van der Waals surface area contributed by atoms with Crippen LogP contribution in [-0.4, -0.2) is 23.6 Å². The fraction of sp³-hybridized carbons (Fsp3) is 0.400. The monoisotopic (exact) mass is 310 g/mol. The third-order valence-corrected chi connectivity index (χ3v) is 2.11. The minimum atomic E-state index is -5.89. The first-order chi connectivity index (χ1) is 8.82. The smallest absolute Gasteiger partial charge is 0.508 e. The normalized spacial score (nSPS) is 13.4. The second kappa shape index (κ2) is 4.98. The van der Waals surface area contributed by atoms with E-state index in [1.54, 1.807) is 0 Å². The van der Waals surface area contributed by atoms with E-state index in [0.29, 0.717) is 12.1 Å². The molecule has 1 rings (SSSR count). The Kier molecular flexibility index (Phi) is 4.07. The van der Waals surface area contributed by atoms with Crippen molar-refractivity contribution in [2.75, 3.05) is 0 Å². The number of halogens is 8. The van der Waals surface area contributed by atoms with Crippen molar-refractivity contribution >= 4 is 0 Å². The summed E-state index contributed by atoms with van der Waals surface area (Å²) in [4.78, 5) is 0. The van der Waals surface area contributed by atoms with Gasteiger partial charge in [-0.2, -0.15) is 22.0 Å². The number of alkyl halides is 8. The molecule has 10 heteroatoms. The average Bonchev–Trinajstić information content (AvgIpc) is 2.18. The first-order valence-corrected chi connectivity index (χ1v) is 4.84. The maximum atomic E-state index is 12.8. The quantitative estimate of drug-likeness (QED) is 0.854. The van der Waals surface area contributed by atoms with Crippen LogP contribution in [0.4, 0.5) is 35.1 Å². The first kappa shape index (κ1) is 16.3. The number of hydrogen-bond donors (Lipinski definition) is 1. The van der Waals surface area contributed by atoms with Gasteiger partial charge in [-0.15, -0.1) is 13.2 Å². The SMILES string of the molecule is Oc1ccc(OC(F)(F)F)cc1CC(F)(F)C(F)(F)F. The van der Waals surface area contributed by atoms with Crippen molar-refractivity contribution in [2.45, 2.75) is 24.9 Å². The van der Waals surface area contributed by atoms with Crippen molar-refractivity contribution in [2.24, 2.45) is 0 Å². The molecule has 0 atom stereocenters. The molecule has 0 aliphatic carbocycles. The van der Waals surface area contributed by atoms with Crippen molar-refractivity contribution in [3.63, 3.8) is 0 Å². The minimum Gasteiger partial charge on any atom is -0.508 e. The summed E-state index contributed by atoms with van der Waals surface area (Å²) < 4.78 is 100. The Morgan fingerprint density at radius 3 is 1.95 bits per heavy atom. The van der Waals surface area contributed by atoms with Gasteiger partial charge in [-0.05, 0) is 18.2 Å². The molecule has 0 aliphatic heterocycles. The van der Waals surface area contributed by atoms with Gasteiger partial charge in [0, 0.05) is 12.0 Å². The fourth-order valence-corrected chi connectivity index (χ4v) is 1.24. The van der Waals surface area contributed by atoms with Gasteiger partial charge in [-0.1, -0.05) is 0 Å². The zero-order valence-corrected chi connectivity index (χ0v) is 9.32. The molecule has 0 heterocycles. The van der Waals surface area contributed by atoms with Crippen molar-refractivity contribution in [1.29, 1.82) is 0 Å². The summed E-state index contributed by atoms with van der Waals surface area (Å²) in [6.45, 7) is 0. The molecule has 1 aromatic carbocycles. The molecule has 0 aromatic heterocycles. The van der Waals surface area contributed by atoms with Gasteiger partial charge in [0.1, 0.15) is 11.5 Å². The molecule has 0 spiro atoms. The van der Waals surface area contributed by atoms with Crippen molar-refractivity contribution < 1.29 is 45.0 Å². The van der Waals surface area contributed by atoms with Gasteiger partial charge >= 0.3 is 18.5 Å². The van der Waals surface area contributed by atoms with Crippen LogP contribution in [0.2, 0.25) is 0 Å². The van der Waals surface area contributed by atoms with Gasteiger partial charge in [-0.3, -0.25) is 0 Å². The Hall–Kier alpha value is -1.74. The maximum Gasteiger partial charge on any atom is 0.573 e. The van der Waals surface area contributed by atoms with E-state index in [4.69, 9.17) is 5.11 Å². The van der Waals surface area contributed by atoms with Crippen LogP contribution < -0.4 is 4.74 Å². The van der Waals surface area contributed by atoms with E-state index in [2.05, 4.69) is 4.74 Å². The lowest BCUT2D eigenvalue weighted by atomic mass is 10.1. The molecule has 0 amide bonds. The molecule has 1 aromatic rings. The lowest BCUT2D eigenvalue weighted by Crippen LogP contribution is -2.38. The molecule has 20 heavy (non-hydrogen) atoms. The molecule has 114 valence electrons. The molecule has 2 nitrogen and oxygen atoms in total. The summed E-state index contributed by atoms with van der Waals surface area (Å²) in [5.74, 6) is -7.20. The summed E-state index contributed by atoms with van der Waals surface area (Å²) in [5.41, 5.74) is -1.02. The summed E-state index contributed by atoms with van der Waals surface area (Å²) in [6, 6.07) is 1.38. The largest absolute Gasteiger partial charge is 0.573 e.